The van der Waals surface area contributed by atoms with Crippen molar-refractivity contribution in [2.45, 2.75) is 13.3 Å². The number of nitrogens with zero attached hydrogens (tertiary/aromatic N) is 1. The van der Waals surface area contributed by atoms with Gasteiger partial charge in [-0.2, -0.15) is 0 Å². The number of anilines is 1. The molecule has 2 nitrogen and oxygen atoms in total. The van der Waals surface area contributed by atoms with Gasteiger partial charge < -0.3 is 5.32 Å². The van der Waals surface area contributed by atoms with Crippen LogP contribution in [-0.2, 0) is 0 Å². The lowest BCUT2D eigenvalue weighted by atomic mass is 10.1. The molecule has 1 heterocycles. The molecule has 2 aromatic rings. The Hall–Kier alpha value is -1.61. The first-order chi connectivity index (χ1) is 8.70. The quantitative estimate of drug-likeness (QED) is 0.887. The topological polar surface area (TPSA) is 24.9 Å². The summed E-state index contributed by atoms with van der Waals surface area (Å²) >= 11 is 5.77. The molecule has 0 aliphatic heterocycles. The molecule has 1 N–H and O–H groups in total. The molecular weight excluding hydrogens is 251 g/mol. The standard InChI is InChI=1S/C14H14ClFN2/c1-2-8-17-14-5-3-4-13(18-14)10-6-7-12(16)11(15)9-10/h3-7,9H,2,8H2,1H3,(H,17,18). The second kappa shape index (κ2) is 5.83. The Bertz CT molecular complexity index is 543. The predicted octanol–water partition coefficient (Wildman–Crippen LogP) is 4.36. The summed E-state index contributed by atoms with van der Waals surface area (Å²) in [7, 11) is 0. The molecule has 0 bridgehead atoms. The van der Waals surface area contributed by atoms with Crippen molar-refractivity contribution in [2.75, 3.05) is 11.9 Å². The van der Waals surface area contributed by atoms with Gasteiger partial charge in [0.25, 0.3) is 0 Å². The summed E-state index contributed by atoms with van der Waals surface area (Å²) < 4.78 is 13.1. The van der Waals surface area contributed by atoms with E-state index in [1.54, 1.807) is 12.1 Å². The van der Waals surface area contributed by atoms with Crippen molar-refractivity contribution in [1.29, 1.82) is 0 Å². The van der Waals surface area contributed by atoms with Crippen LogP contribution >= 0.6 is 11.6 Å². The summed E-state index contributed by atoms with van der Waals surface area (Å²) in [5, 5.41) is 3.32. The number of aromatic nitrogens is 1. The van der Waals surface area contributed by atoms with Gasteiger partial charge in [-0.15, -0.1) is 0 Å². The van der Waals surface area contributed by atoms with Gasteiger partial charge in [-0.1, -0.05) is 24.6 Å². The van der Waals surface area contributed by atoms with E-state index in [0.717, 1.165) is 30.0 Å². The van der Waals surface area contributed by atoms with Crippen LogP contribution in [0, 0.1) is 5.82 Å². The predicted molar refractivity (Wildman–Crippen MR) is 73.4 cm³/mol. The van der Waals surface area contributed by atoms with E-state index in [4.69, 9.17) is 11.6 Å². The van der Waals surface area contributed by atoms with Crippen LogP contribution in [0.25, 0.3) is 11.3 Å². The van der Waals surface area contributed by atoms with Crippen LogP contribution < -0.4 is 5.32 Å². The minimum absolute atomic E-state index is 0.112. The molecule has 2 rings (SSSR count). The Kier molecular flexibility index (Phi) is 4.15. The summed E-state index contributed by atoms with van der Waals surface area (Å²) in [6.45, 7) is 2.97. The molecule has 4 heteroatoms. The summed E-state index contributed by atoms with van der Waals surface area (Å²) in [5.74, 6) is 0.399. The maximum absolute atomic E-state index is 13.1. The fourth-order valence-corrected chi connectivity index (χ4v) is 1.78. The van der Waals surface area contributed by atoms with Gasteiger partial charge in [0, 0.05) is 12.1 Å². The highest BCUT2D eigenvalue weighted by Crippen LogP contribution is 2.24. The molecule has 0 radical (unpaired) electrons. The van der Waals surface area contributed by atoms with Crippen LogP contribution in [-0.4, -0.2) is 11.5 Å². The SMILES string of the molecule is CCCNc1cccc(-c2ccc(F)c(Cl)c2)n1. The molecule has 0 aliphatic rings. The van der Waals surface area contributed by atoms with Gasteiger partial charge >= 0.3 is 0 Å². The Morgan fingerprint density at radius 2 is 2.11 bits per heavy atom. The first kappa shape index (κ1) is 12.8. The number of nitrogens with one attached hydrogen (secondary N) is 1. The number of hydrogen-bond acceptors (Lipinski definition) is 2. The van der Waals surface area contributed by atoms with E-state index in [2.05, 4.69) is 17.2 Å². The summed E-state index contributed by atoms with van der Waals surface area (Å²) in [4.78, 5) is 4.46. The molecule has 0 unspecified atom stereocenters. The zero-order valence-corrected chi connectivity index (χ0v) is 10.8. The van der Waals surface area contributed by atoms with Crippen LogP contribution in [0.4, 0.5) is 10.2 Å². The first-order valence-corrected chi connectivity index (χ1v) is 6.25. The average Bonchev–Trinajstić information content (AvgIpc) is 2.40. The second-order valence-electron chi connectivity index (χ2n) is 3.96. The van der Waals surface area contributed by atoms with Crippen molar-refractivity contribution >= 4 is 17.4 Å². The van der Waals surface area contributed by atoms with Gasteiger partial charge in [0.1, 0.15) is 11.6 Å². The van der Waals surface area contributed by atoms with Crippen molar-refractivity contribution in [2.24, 2.45) is 0 Å². The van der Waals surface area contributed by atoms with E-state index in [-0.39, 0.29) is 5.02 Å². The third-order valence-electron chi connectivity index (χ3n) is 2.52. The number of rotatable bonds is 4. The summed E-state index contributed by atoms with van der Waals surface area (Å²) in [5.41, 5.74) is 1.58. The molecule has 0 saturated carbocycles. The van der Waals surface area contributed by atoms with Gasteiger partial charge in [0.15, 0.2) is 0 Å². The highest BCUT2D eigenvalue weighted by Gasteiger charge is 2.04. The van der Waals surface area contributed by atoms with Crippen molar-refractivity contribution < 1.29 is 4.39 Å². The molecule has 94 valence electrons. The van der Waals surface area contributed by atoms with Crippen molar-refractivity contribution in [1.82, 2.24) is 4.98 Å². The molecular formula is C14H14ClFN2. The number of hydrogen-bond donors (Lipinski definition) is 1. The van der Waals surface area contributed by atoms with E-state index in [0.29, 0.717) is 0 Å². The Balaban J connectivity index is 2.29. The normalized spacial score (nSPS) is 10.4. The highest BCUT2D eigenvalue weighted by atomic mass is 35.5. The average molecular weight is 265 g/mol. The molecule has 0 saturated heterocycles. The summed E-state index contributed by atoms with van der Waals surface area (Å²) in [6.07, 6.45) is 1.04. The van der Waals surface area contributed by atoms with Crippen LogP contribution in [0.3, 0.4) is 0 Å². The first-order valence-electron chi connectivity index (χ1n) is 5.87. The van der Waals surface area contributed by atoms with Crippen LogP contribution in [0.15, 0.2) is 36.4 Å². The Labute approximate surface area is 111 Å². The van der Waals surface area contributed by atoms with Gasteiger partial charge in [-0.3, -0.25) is 0 Å². The molecule has 18 heavy (non-hydrogen) atoms. The third-order valence-corrected chi connectivity index (χ3v) is 2.81. The highest BCUT2D eigenvalue weighted by molar-refractivity contribution is 6.31. The monoisotopic (exact) mass is 264 g/mol. The van der Waals surface area contributed by atoms with E-state index >= 15 is 0 Å². The summed E-state index contributed by atoms with van der Waals surface area (Å²) in [6, 6.07) is 10.3. The van der Waals surface area contributed by atoms with Crippen molar-refractivity contribution in [3.8, 4) is 11.3 Å². The number of pyridine rings is 1. The zero-order valence-electron chi connectivity index (χ0n) is 10.1. The third kappa shape index (κ3) is 2.99. The smallest absolute Gasteiger partial charge is 0.141 e. The van der Waals surface area contributed by atoms with Gasteiger partial charge in [-0.05, 0) is 36.8 Å². The van der Waals surface area contributed by atoms with E-state index in [1.807, 2.05) is 18.2 Å². The zero-order chi connectivity index (χ0) is 13.0. The number of benzene rings is 1. The lowest BCUT2D eigenvalue weighted by Crippen LogP contribution is -2.01. The molecule has 0 fully saturated rings. The number of halogens is 2. The van der Waals surface area contributed by atoms with Gasteiger partial charge in [0.05, 0.1) is 10.7 Å². The minimum atomic E-state index is -0.416. The van der Waals surface area contributed by atoms with Gasteiger partial charge in [-0.25, -0.2) is 9.37 Å². The molecule has 0 spiro atoms. The maximum Gasteiger partial charge on any atom is 0.141 e. The molecule has 0 atom stereocenters. The van der Waals surface area contributed by atoms with Crippen LogP contribution in [0.1, 0.15) is 13.3 Å². The Morgan fingerprint density at radius 3 is 2.83 bits per heavy atom. The molecule has 1 aromatic carbocycles. The van der Waals surface area contributed by atoms with Gasteiger partial charge in [0.2, 0.25) is 0 Å². The minimum Gasteiger partial charge on any atom is -0.370 e. The maximum atomic E-state index is 13.1. The lowest BCUT2D eigenvalue weighted by Gasteiger charge is -2.07. The molecule has 0 aliphatic carbocycles. The Morgan fingerprint density at radius 1 is 1.28 bits per heavy atom. The van der Waals surface area contributed by atoms with Crippen LogP contribution in [0.2, 0.25) is 5.02 Å². The van der Waals surface area contributed by atoms with Crippen molar-refractivity contribution in [3.05, 3.63) is 47.2 Å². The van der Waals surface area contributed by atoms with E-state index < -0.39 is 5.82 Å². The van der Waals surface area contributed by atoms with Crippen LogP contribution in [0.5, 0.6) is 0 Å². The second-order valence-corrected chi connectivity index (χ2v) is 4.37. The fraction of sp³-hybridized carbons (Fsp3) is 0.214. The lowest BCUT2D eigenvalue weighted by molar-refractivity contribution is 0.628. The largest absolute Gasteiger partial charge is 0.370 e. The molecule has 0 amide bonds. The van der Waals surface area contributed by atoms with E-state index in [1.165, 1.54) is 6.07 Å². The molecule has 1 aromatic heterocycles. The van der Waals surface area contributed by atoms with E-state index in [9.17, 15) is 4.39 Å². The van der Waals surface area contributed by atoms with Crippen molar-refractivity contribution in [3.63, 3.8) is 0 Å². The fourth-order valence-electron chi connectivity index (χ4n) is 1.60.